The summed E-state index contributed by atoms with van der Waals surface area (Å²) < 4.78 is 10.3. The van der Waals surface area contributed by atoms with Crippen molar-refractivity contribution in [1.29, 1.82) is 0 Å². The van der Waals surface area contributed by atoms with Crippen molar-refractivity contribution in [3.8, 4) is 0 Å². The van der Waals surface area contributed by atoms with E-state index in [0.29, 0.717) is 32.4 Å². The number of hydrogen-bond donors (Lipinski definition) is 0. The van der Waals surface area contributed by atoms with Crippen LogP contribution in [0.3, 0.4) is 0 Å². The number of esters is 1. The molecule has 0 bridgehead atoms. The Morgan fingerprint density at radius 1 is 1.62 bits per heavy atom. The summed E-state index contributed by atoms with van der Waals surface area (Å²) in [4.78, 5) is 25.3. The van der Waals surface area contributed by atoms with Gasteiger partial charge in [-0.3, -0.25) is 4.79 Å². The maximum Gasteiger partial charge on any atom is 0.332 e. The van der Waals surface area contributed by atoms with Crippen molar-refractivity contribution in [1.82, 2.24) is 4.90 Å². The van der Waals surface area contributed by atoms with Gasteiger partial charge in [-0.1, -0.05) is 0 Å². The van der Waals surface area contributed by atoms with Gasteiger partial charge in [0.2, 0.25) is 5.91 Å². The van der Waals surface area contributed by atoms with E-state index in [1.807, 2.05) is 0 Å². The van der Waals surface area contributed by atoms with Crippen LogP contribution in [0, 0.1) is 0 Å². The number of methoxy groups -OCH3 is 1. The highest BCUT2D eigenvalue weighted by Gasteiger charge is 2.57. The maximum absolute atomic E-state index is 12.0. The topological polar surface area (TPSA) is 55.8 Å². The van der Waals surface area contributed by atoms with Crippen molar-refractivity contribution in [2.24, 2.45) is 0 Å². The lowest BCUT2D eigenvalue weighted by Gasteiger charge is -2.28. The lowest BCUT2D eigenvalue weighted by atomic mass is 9.93. The fraction of sp³-hybridized carbons (Fsp3) is 0.818. The van der Waals surface area contributed by atoms with Crippen LogP contribution >= 0.6 is 0 Å². The molecular formula is C11H17NO4. The number of carbonyl (C=O) groups is 2. The van der Waals surface area contributed by atoms with Crippen molar-refractivity contribution in [3.05, 3.63) is 0 Å². The quantitative estimate of drug-likeness (QED) is 0.652. The fourth-order valence-corrected chi connectivity index (χ4v) is 2.67. The first-order chi connectivity index (χ1) is 7.64. The van der Waals surface area contributed by atoms with Crippen molar-refractivity contribution in [2.45, 2.75) is 37.8 Å². The summed E-state index contributed by atoms with van der Waals surface area (Å²) in [5.74, 6) is -0.243. The number of rotatable bonds is 3. The minimum Gasteiger partial charge on any atom is -0.464 e. The van der Waals surface area contributed by atoms with Gasteiger partial charge in [-0.15, -0.1) is 0 Å². The van der Waals surface area contributed by atoms with Gasteiger partial charge in [0.25, 0.3) is 0 Å². The number of ether oxygens (including phenoxy) is 2. The summed E-state index contributed by atoms with van der Waals surface area (Å²) >= 11 is 0. The number of carbonyl (C=O) groups excluding carboxylic acids is 2. The molecule has 2 saturated heterocycles. The second kappa shape index (κ2) is 4.05. The zero-order chi connectivity index (χ0) is 11.8. The molecule has 0 aromatic rings. The highest BCUT2D eigenvalue weighted by Crippen LogP contribution is 2.41. The molecule has 0 saturated carbocycles. The standard InChI is InChI=1S/C11H17NO4/c1-3-16-10(14)11-5-4-9(13)12(11)7-8(6-11)15-2/h8H,3-7H2,1-2H3/t8-,11+/m1/s1. The van der Waals surface area contributed by atoms with Gasteiger partial charge in [0, 0.05) is 26.5 Å². The Morgan fingerprint density at radius 2 is 2.38 bits per heavy atom. The smallest absolute Gasteiger partial charge is 0.332 e. The van der Waals surface area contributed by atoms with E-state index in [9.17, 15) is 9.59 Å². The van der Waals surface area contributed by atoms with Crippen molar-refractivity contribution in [3.63, 3.8) is 0 Å². The molecule has 16 heavy (non-hydrogen) atoms. The van der Waals surface area contributed by atoms with E-state index < -0.39 is 5.54 Å². The molecule has 0 aromatic heterocycles. The van der Waals surface area contributed by atoms with Crippen LogP contribution in [0.5, 0.6) is 0 Å². The van der Waals surface area contributed by atoms with Crippen molar-refractivity contribution in [2.75, 3.05) is 20.3 Å². The van der Waals surface area contributed by atoms with Crippen LogP contribution in [0.2, 0.25) is 0 Å². The zero-order valence-corrected chi connectivity index (χ0v) is 9.69. The van der Waals surface area contributed by atoms with Crippen molar-refractivity contribution >= 4 is 11.9 Å². The average molecular weight is 227 g/mol. The molecule has 0 radical (unpaired) electrons. The van der Waals surface area contributed by atoms with Crippen LogP contribution < -0.4 is 0 Å². The fourth-order valence-electron chi connectivity index (χ4n) is 2.67. The first-order valence-electron chi connectivity index (χ1n) is 5.64. The van der Waals surface area contributed by atoms with Crippen LogP contribution in [-0.2, 0) is 19.1 Å². The molecule has 2 heterocycles. The SMILES string of the molecule is CCOC(=O)[C@@]12CCC(=O)N1C[C@H](OC)C2. The van der Waals surface area contributed by atoms with Gasteiger partial charge < -0.3 is 14.4 Å². The monoisotopic (exact) mass is 227 g/mol. The first-order valence-corrected chi connectivity index (χ1v) is 5.64. The van der Waals surface area contributed by atoms with Gasteiger partial charge in [0.15, 0.2) is 0 Å². The molecule has 0 aliphatic carbocycles. The molecule has 0 N–H and O–H groups in total. The third kappa shape index (κ3) is 1.50. The third-order valence-electron chi connectivity index (χ3n) is 3.51. The normalized spacial score (nSPS) is 33.0. The molecule has 90 valence electrons. The van der Waals surface area contributed by atoms with E-state index in [-0.39, 0.29) is 18.0 Å². The summed E-state index contributed by atoms with van der Waals surface area (Å²) in [7, 11) is 1.61. The predicted molar refractivity (Wildman–Crippen MR) is 55.7 cm³/mol. The average Bonchev–Trinajstić information content (AvgIpc) is 2.78. The molecule has 5 heteroatoms. The van der Waals surface area contributed by atoms with E-state index in [1.54, 1.807) is 18.9 Å². The Bertz CT molecular complexity index is 317. The van der Waals surface area contributed by atoms with Crippen LogP contribution in [-0.4, -0.2) is 48.7 Å². The molecule has 2 aliphatic rings. The lowest BCUT2D eigenvalue weighted by molar-refractivity contribution is -0.157. The Morgan fingerprint density at radius 3 is 3.00 bits per heavy atom. The molecule has 5 nitrogen and oxygen atoms in total. The Balaban J connectivity index is 2.22. The molecule has 1 amide bonds. The summed E-state index contributed by atoms with van der Waals surface area (Å²) in [6, 6.07) is 0. The van der Waals surface area contributed by atoms with Gasteiger partial charge >= 0.3 is 5.97 Å². The molecule has 2 fully saturated rings. The maximum atomic E-state index is 12.0. The molecular weight excluding hydrogens is 210 g/mol. The van der Waals surface area contributed by atoms with Gasteiger partial charge in [0.1, 0.15) is 5.54 Å². The number of hydrogen-bond acceptors (Lipinski definition) is 4. The number of nitrogens with zero attached hydrogens (tertiary/aromatic N) is 1. The Labute approximate surface area is 94.7 Å². The van der Waals surface area contributed by atoms with Gasteiger partial charge in [-0.25, -0.2) is 4.79 Å². The van der Waals surface area contributed by atoms with E-state index in [2.05, 4.69) is 0 Å². The van der Waals surface area contributed by atoms with Crippen molar-refractivity contribution < 1.29 is 19.1 Å². The van der Waals surface area contributed by atoms with E-state index in [4.69, 9.17) is 9.47 Å². The lowest BCUT2D eigenvalue weighted by Crippen LogP contribution is -2.48. The number of amides is 1. The predicted octanol–water partition coefficient (Wildman–Crippen LogP) is 0.329. The minimum atomic E-state index is -0.742. The zero-order valence-electron chi connectivity index (χ0n) is 9.69. The van der Waals surface area contributed by atoms with Crippen LogP contribution in [0.1, 0.15) is 26.2 Å². The van der Waals surface area contributed by atoms with E-state index in [0.717, 1.165) is 0 Å². The van der Waals surface area contributed by atoms with Crippen LogP contribution in [0.15, 0.2) is 0 Å². The molecule has 2 atom stereocenters. The summed E-state index contributed by atoms with van der Waals surface area (Å²) in [5.41, 5.74) is -0.742. The van der Waals surface area contributed by atoms with Crippen LogP contribution in [0.25, 0.3) is 0 Å². The molecule has 0 aromatic carbocycles. The minimum absolute atomic E-state index is 0.0348. The van der Waals surface area contributed by atoms with Gasteiger partial charge in [-0.2, -0.15) is 0 Å². The molecule has 0 spiro atoms. The molecule has 0 unspecified atom stereocenters. The largest absolute Gasteiger partial charge is 0.464 e. The second-order valence-corrected chi connectivity index (χ2v) is 4.32. The first kappa shape index (κ1) is 11.4. The Kier molecular flexibility index (Phi) is 2.88. The second-order valence-electron chi connectivity index (χ2n) is 4.32. The van der Waals surface area contributed by atoms with E-state index >= 15 is 0 Å². The third-order valence-corrected chi connectivity index (χ3v) is 3.51. The highest BCUT2D eigenvalue weighted by molar-refractivity contribution is 5.92. The Hall–Kier alpha value is -1.10. The van der Waals surface area contributed by atoms with E-state index in [1.165, 1.54) is 0 Å². The molecule has 2 rings (SSSR count). The van der Waals surface area contributed by atoms with Gasteiger partial charge in [0.05, 0.1) is 12.7 Å². The van der Waals surface area contributed by atoms with Gasteiger partial charge in [-0.05, 0) is 13.3 Å². The number of fused-ring (bicyclic) bond motifs is 1. The molecule has 2 aliphatic heterocycles. The summed E-state index contributed by atoms with van der Waals surface area (Å²) in [6.45, 7) is 2.63. The summed E-state index contributed by atoms with van der Waals surface area (Å²) in [6.07, 6.45) is 1.52. The highest BCUT2D eigenvalue weighted by atomic mass is 16.5. The van der Waals surface area contributed by atoms with Crippen LogP contribution in [0.4, 0.5) is 0 Å². The summed E-state index contributed by atoms with van der Waals surface area (Å²) in [5, 5.41) is 0.